The van der Waals surface area contributed by atoms with E-state index in [2.05, 4.69) is 4.99 Å². The van der Waals surface area contributed by atoms with E-state index in [1.807, 2.05) is 37.3 Å². The predicted molar refractivity (Wildman–Crippen MR) is 115 cm³/mol. The predicted octanol–water partition coefficient (Wildman–Crippen LogP) is 4.79. The summed E-state index contributed by atoms with van der Waals surface area (Å²) in [5.74, 6) is 0.268. The van der Waals surface area contributed by atoms with E-state index in [-0.39, 0.29) is 17.8 Å². The minimum Gasteiger partial charge on any atom is -0.376 e. The van der Waals surface area contributed by atoms with Crippen LogP contribution in [0.3, 0.4) is 0 Å². The largest absolute Gasteiger partial charge is 0.376 e. The number of nitrogens with zero attached hydrogens (tertiary/aromatic N) is 2. The first-order valence-corrected chi connectivity index (χ1v) is 10.7. The normalized spacial score (nSPS) is 20.6. The fraction of sp³-hybridized carbons (Fsp3) is 0.304. The Morgan fingerprint density at radius 1 is 1.21 bits per heavy atom. The number of halogens is 1. The van der Waals surface area contributed by atoms with Crippen LogP contribution in [-0.2, 0) is 15.3 Å². The average molecular weight is 411 g/mol. The molecule has 2 aromatic rings. The third-order valence-corrected chi connectivity index (χ3v) is 6.03. The fourth-order valence-corrected chi connectivity index (χ4v) is 4.31. The highest BCUT2D eigenvalue weighted by atomic mass is 32.2. The van der Waals surface area contributed by atoms with E-state index in [0.29, 0.717) is 23.2 Å². The number of aliphatic imine (C=N–C) groups is 1. The molecule has 1 unspecified atom stereocenters. The van der Waals surface area contributed by atoms with Crippen LogP contribution >= 0.6 is 11.8 Å². The molecule has 0 N–H and O–H groups in total. The van der Waals surface area contributed by atoms with Crippen molar-refractivity contribution in [1.82, 2.24) is 4.90 Å². The quantitative estimate of drug-likeness (QED) is 0.666. The summed E-state index contributed by atoms with van der Waals surface area (Å²) in [4.78, 5) is 19.4. The molecule has 4 nitrogen and oxygen atoms in total. The van der Waals surface area contributed by atoms with E-state index in [0.717, 1.165) is 30.6 Å². The number of amides is 1. The van der Waals surface area contributed by atoms with Crippen LogP contribution in [0.4, 0.5) is 4.39 Å². The number of rotatable bonds is 5. The molecule has 1 fully saturated rings. The Bertz CT molecular complexity index is 932. The van der Waals surface area contributed by atoms with Crippen molar-refractivity contribution in [2.75, 3.05) is 13.2 Å². The van der Waals surface area contributed by atoms with Crippen molar-refractivity contribution in [3.8, 4) is 0 Å². The van der Waals surface area contributed by atoms with Crippen LogP contribution in [0.25, 0.3) is 6.08 Å². The van der Waals surface area contributed by atoms with Gasteiger partial charge in [-0.3, -0.25) is 9.69 Å². The van der Waals surface area contributed by atoms with Crippen LogP contribution in [0.2, 0.25) is 0 Å². The molecule has 0 spiro atoms. The number of amidine groups is 1. The molecule has 0 radical (unpaired) electrons. The van der Waals surface area contributed by atoms with Gasteiger partial charge in [0.15, 0.2) is 5.17 Å². The van der Waals surface area contributed by atoms with Gasteiger partial charge in [0.05, 0.1) is 12.6 Å². The molecule has 6 heteroatoms. The van der Waals surface area contributed by atoms with Crippen molar-refractivity contribution in [2.24, 2.45) is 4.99 Å². The summed E-state index contributed by atoms with van der Waals surface area (Å²) in [6.45, 7) is 3.29. The molecule has 0 aromatic heterocycles. The molecule has 1 atom stereocenters. The van der Waals surface area contributed by atoms with Crippen LogP contribution < -0.4 is 0 Å². The second-order valence-corrected chi connectivity index (χ2v) is 8.24. The zero-order valence-electron chi connectivity index (χ0n) is 16.3. The van der Waals surface area contributed by atoms with Crippen LogP contribution in [-0.4, -0.2) is 35.2 Å². The summed E-state index contributed by atoms with van der Waals surface area (Å²) in [5.41, 5.74) is 3.54. The molecule has 29 heavy (non-hydrogen) atoms. The highest BCUT2D eigenvalue weighted by Gasteiger charge is 2.33. The van der Waals surface area contributed by atoms with Gasteiger partial charge in [0.1, 0.15) is 11.5 Å². The number of thioether (sulfide) groups is 1. The Labute approximate surface area is 174 Å². The van der Waals surface area contributed by atoms with Gasteiger partial charge in [0.2, 0.25) is 0 Å². The standard InChI is InChI=1S/C23H23FN2O2S/c1-16-4-6-17(7-5-16)13-21-22(27)26(14-20-3-2-12-28-20)23(25-21)29-15-18-8-10-19(24)11-9-18/h4-11,13,20H,2-3,12,14-15H2,1H3/b21-13+. The van der Waals surface area contributed by atoms with Crippen molar-refractivity contribution >= 4 is 28.9 Å². The van der Waals surface area contributed by atoms with Crippen molar-refractivity contribution in [3.05, 3.63) is 76.7 Å². The first kappa shape index (κ1) is 19.9. The topological polar surface area (TPSA) is 41.9 Å². The lowest BCUT2D eigenvalue weighted by Gasteiger charge is -2.21. The van der Waals surface area contributed by atoms with Gasteiger partial charge < -0.3 is 4.74 Å². The van der Waals surface area contributed by atoms with E-state index in [1.54, 1.807) is 17.0 Å². The van der Waals surface area contributed by atoms with Gasteiger partial charge in [-0.05, 0) is 49.1 Å². The lowest BCUT2D eigenvalue weighted by atomic mass is 10.1. The van der Waals surface area contributed by atoms with Crippen molar-refractivity contribution in [3.63, 3.8) is 0 Å². The van der Waals surface area contributed by atoms with E-state index in [9.17, 15) is 9.18 Å². The minimum atomic E-state index is -0.254. The number of hydrogen-bond acceptors (Lipinski definition) is 4. The summed E-state index contributed by atoms with van der Waals surface area (Å²) in [6, 6.07) is 14.4. The fourth-order valence-electron chi connectivity index (χ4n) is 3.34. The Morgan fingerprint density at radius 3 is 2.66 bits per heavy atom. The summed E-state index contributed by atoms with van der Waals surface area (Å²) in [7, 11) is 0. The zero-order chi connectivity index (χ0) is 20.2. The third-order valence-electron chi connectivity index (χ3n) is 4.98. The van der Waals surface area contributed by atoms with Crippen molar-refractivity contribution < 1.29 is 13.9 Å². The Kier molecular flexibility index (Phi) is 6.11. The van der Waals surface area contributed by atoms with Crippen molar-refractivity contribution in [1.29, 1.82) is 0 Å². The number of hydrogen-bond donors (Lipinski definition) is 0. The molecule has 0 saturated carbocycles. The Balaban J connectivity index is 1.54. The number of carbonyl (C=O) groups excluding carboxylic acids is 1. The van der Waals surface area contributed by atoms with Crippen molar-refractivity contribution in [2.45, 2.75) is 31.6 Å². The summed E-state index contributed by atoms with van der Waals surface area (Å²) >= 11 is 1.49. The summed E-state index contributed by atoms with van der Waals surface area (Å²) < 4.78 is 18.9. The van der Waals surface area contributed by atoms with Gasteiger partial charge in [-0.25, -0.2) is 9.38 Å². The zero-order valence-corrected chi connectivity index (χ0v) is 17.1. The first-order chi connectivity index (χ1) is 14.1. The highest BCUT2D eigenvalue weighted by molar-refractivity contribution is 8.13. The number of ether oxygens (including phenoxy) is 1. The second kappa shape index (κ2) is 8.93. The van der Waals surface area contributed by atoms with Crippen LogP contribution in [0.15, 0.2) is 59.2 Å². The summed E-state index contributed by atoms with van der Waals surface area (Å²) in [6.07, 6.45) is 3.86. The van der Waals surface area contributed by atoms with Gasteiger partial charge >= 0.3 is 0 Å². The molecule has 1 amide bonds. The Morgan fingerprint density at radius 2 is 1.97 bits per heavy atom. The smallest absolute Gasteiger partial charge is 0.278 e. The molecular formula is C23H23FN2O2S. The average Bonchev–Trinajstić information content (AvgIpc) is 3.33. The second-order valence-electron chi connectivity index (χ2n) is 7.30. The molecule has 2 heterocycles. The summed E-state index contributed by atoms with van der Waals surface area (Å²) in [5, 5.41) is 0.674. The highest BCUT2D eigenvalue weighted by Crippen LogP contribution is 2.28. The molecule has 2 aliphatic rings. The SMILES string of the molecule is Cc1ccc(/C=C2/N=C(SCc3ccc(F)cc3)N(CC3CCCO3)C2=O)cc1. The third kappa shape index (κ3) is 4.95. The van der Waals surface area contributed by atoms with Crippen LogP contribution in [0.5, 0.6) is 0 Å². The maximum atomic E-state index is 13.1. The molecule has 150 valence electrons. The molecule has 2 aliphatic heterocycles. The van der Waals surface area contributed by atoms with Gasteiger partial charge in [-0.15, -0.1) is 0 Å². The molecule has 0 bridgehead atoms. The lowest BCUT2D eigenvalue weighted by Crippen LogP contribution is -2.37. The molecule has 2 aromatic carbocycles. The van der Waals surface area contributed by atoms with Gasteiger partial charge in [0.25, 0.3) is 5.91 Å². The van der Waals surface area contributed by atoms with E-state index in [1.165, 1.54) is 29.5 Å². The van der Waals surface area contributed by atoms with Gasteiger partial charge in [-0.2, -0.15) is 0 Å². The lowest BCUT2D eigenvalue weighted by molar-refractivity contribution is -0.123. The maximum Gasteiger partial charge on any atom is 0.278 e. The molecule has 0 aliphatic carbocycles. The van der Waals surface area contributed by atoms with Gasteiger partial charge in [-0.1, -0.05) is 53.7 Å². The molecular weight excluding hydrogens is 387 g/mol. The number of aryl methyl sites for hydroxylation is 1. The van der Waals surface area contributed by atoms with E-state index < -0.39 is 0 Å². The Hall–Kier alpha value is -2.44. The van der Waals surface area contributed by atoms with Crippen LogP contribution in [0.1, 0.15) is 29.5 Å². The number of benzene rings is 2. The van der Waals surface area contributed by atoms with Gasteiger partial charge in [0, 0.05) is 12.4 Å². The minimum absolute atomic E-state index is 0.0503. The molecule has 4 rings (SSSR count). The molecule has 1 saturated heterocycles. The number of carbonyl (C=O) groups is 1. The maximum absolute atomic E-state index is 13.1. The first-order valence-electron chi connectivity index (χ1n) is 9.76. The van der Waals surface area contributed by atoms with Crippen LogP contribution in [0, 0.1) is 12.7 Å². The monoisotopic (exact) mass is 410 g/mol. The van der Waals surface area contributed by atoms with E-state index >= 15 is 0 Å². The van der Waals surface area contributed by atoms with E-state index in [4.69, 9.17) is 4.74 Å².